The molecule has 2 N–H and O–H groups in total. The Morgan fingerprint density at radius 3 is 2.74 bits per heavy atom. The highest BCUT2D eigenvalue weighted by atomic mass is 79.9. The number of hydrogen-bond donors (Lipinski definition) is 1. The number of thioether (sulfide) groups is 1. The topological polar surface area (TPSA) is 94.9 Å². The van der Waals surface area contributed by atoms with Crippen LogP contribution in [0.3, 0.4) is 0 Å². The Labute approximate surface area is 121 Å². The van der Waals surface area contributed by atoms with Gasteiger partial charge in [-0.15, -0.1) is 0 Å². The lowest BCUT2D eigenvalue weighted by atomic mass is 10.2. The van der Waals surface area contributed by atoms with Crippen molar-refractivity contribution >= 4 is 39.2 Å². The second-order valence-electron chi connectivity index (χ2n) is 3.57. The number of aromatic nitrogens is 2. The van der Waals surface area contributed by atoms with Crippen LogP contribution in [0.1, 0.15) is 5.56 Å². The van der Waals surface area contributed by atoms with Crippen LogP contribution in [0.2, 0.25) is 0 Å². The predicted molar refractivity (Wildman–Crippen MR) is 76.8 cm³/mol. The summed E-state index contributed by atoms with van der Waals surface area (Å²) in [6, 6.07) is 4.67. The number of nitrogen functional groups attached to an aromatic ring is 1. The van der Waals surface area contributed by atoms with Gasteiger partial charge in [-0.1, -0.05) is 33.8 Å². The van der Waals surface area contributed by atoms with Gasteiger partial charge in [0.1, 0.15) is 5.03 Å². The maximum atomic E-state index is 10.6. The van der Waals surface area contributed by atoms with Crippen LogP contribution in [-0.2, 0) is 5.75 Å². The Morgan fingerprint density at radius 1 is 1.37 bits per heavy atom. The molecule has 0 bridgehead atoms. The van der Waals surface area contributed by atoms with Crippen molar-refractivity contribution < 1.29 is 4.92 Å². The molecule has 0 unspecified atom stereocenters. The third-order valence-electron chi connectivity index (χ3n) is 2.30. The van der Waals surface area contributed by atoms with Gasteiger partial charge in [-0.05, 0) is 5.56 Å². The summed E-state index contributed by atoms with van der Waals surface area (Å²) < 4.78 is 0.691. The number of nitro groups is 1. The Kier molecular flexibility index (Phi) is 4.33. The van der Waals surface area contributed by atoms with Crippen LogP contribution >= 0.6 is 27.7 Å². The second-order valence-corrected chi connectivity index (χ2v) is 5.39. The quantitative estimate of drug-likeness (QED) is 0.522. The van der Waals surface area contributed by atoms with Gasteiger partial charge in [-0.2, -0.15) is 0 Å². The summed E-state index contributed by atoms with van der Waals surface area (Å²) >= 11 is 4.75. The standard InChI is InChI=1S/C11H9BrN4O2S/c12-9-5-8(16(17)18)2-1-7(9)6-19-11-10(13)14-3-4-15-11/h1-5H,6H2,(H2,13,14). The normalized spacial score (nSPS) is 10.4. The number of rotatable bonds is 4. The van der Waals surface area contributed by atoms with Gasteiger partial charge in [0.25, 0.3) is 5.69 Å². The number of nitrogens with zero attached hydrogens (tertiary/aromatic N) is 3. The van der Waals surface area contributed by atoms with Gasteiger partial charge >= 0.3 is 0 Å². The molecule has 0 saturated carbocycles. The highest BCUT2D eigenvalue weighted by Gasteiger charge is 2.10. The van der Waals surface area contributed by atoms with Gasteiger partial charge in [0.15, 0.2) is 5.82 Å². The summed E-state index contributed by atoms with van der Waals surface area (Å²) in [6.07, 6.45) is 3.10. The van der Waals surface area contributed by atoms with E-state index in [2.05, 4.69) is 25.9 Å². The van der Waals surface area contributed by atoms with E-state index in [1.54, 1.807) is 12.3 Å². The number of benzene rings is 1. The van der Waals surface area contributed by atoms with Gasteiger partial charge in [0, 0.05) is 34.8 Å². The van der Waals surface area contributed by atoms with E-state index in [0.29, 0.717) is 21.1 Å². The van der Waals surface area contributed by atoms with E-state index in [1.165, 1.54) is 30.1 Å². The molecular formula is C11H9BrN4O2S. The Balaban J connectivity index is 2.12. The van der Waals surface area contributed by atoms with Crippen molar-refractivity contribution in [3.63, 3.8) is 0 Å². The van der Waals surface area contributed by atoms with Crippen LogP contribution in [0.4, 0.5) is 11.5 Å². The number of non-ortho nitro benzene ring substituents is 1. The monoisotopic (exact) mass is 340 g/mol. The molecule has 19 heavy (non-hydrogen) atoms. The van der Waals surface area contributed by atoms with E-state index >= 15 is 0 Å². The minimum atomic E-state index is -0.428. The third kappa shape index (κ3) is 3.42. The van der Waals surface area contributed by atoms with E-state index in [4.69, 9.17) is 5.73 Å². The molecule has 0 fully saturated rings. The molecule has 98 valence electrons. The predicted octanol–water partition coefficient (Wildman–Crippen LogP) is 3.02. The molecule has 0 spiro atoms. The van der Waals surface area contributed by atoms with Gasteiger partial charge < -0.3 is 5.73 Å². The molecule has 1 heterocycles. The molecule has 8 heteroatoms. The minimum absolute atomic E-state index is 0.0552. The summed E-state index contributed by atoms with van der Waals surface area (Å²) in [5.74, 6) is 0.979. The van der Waals surface area contributed by atoms with E-state index in [9.17, 15) is 10.1 Å². The summed E-state index contributed by atoms with van der Waals surface area (Å²) in [7, 11) is 0. The van der Waals surface area contributed by atoms with Crippen molar-refractivity contribution in [1.82, 2.24) is 9.97 Å². The number of nitrogens with two attached hydrogens (primary N) is 1. The molecule has 0 saturated heterocycles. The van der Waals surface area contributed by atoms with Gasteiger partial charge in [0.2, 0.25) is 0 Å². The molecule has 1 aromatic heterocycles. The van der Waals surface area contributed by atoms with Gasteiger partial charge in [-0.3, -0.25) is 10.1 Å². The number of halogens is 1. The van der Waals surface area contributed by atoms with Crippen LogP contribution in [0.5, 0.6) is 0 Å². The van der Waals surface area contributed by atoms with Crippen LogP contribution < -0.4 is 5.73 Å². The van der Waals surface area contributed by atoms with Crippen molar-refractivity contribution in [2.75, 3.05) is 5.73 Å². The fourth-order valence-electron chi connectivity index (χ4n) is 1.36. The summed E-state index contributed by atoms with van der Waals surface area (Å²) in [5, 5.41) is 11.3. The zero-order valence-electron chi connectivity index (χ0n) is 9.62. The lowest BCUT2D eigenvalue weighted by Gasteiger charge is -2.05. The van der Waals surface area contributed by atoms with Crippen molar-refractivity contribution in [2.24, 2.45) is 0 Å². The van der Waals surface area contributed by atoms with E-state index in [-0.39, 0.29) is 5.69 Å². The van der Waals surface area contributed by atoms with Crippen molar-refractivity contribution in [2.45, 2.75) is 10.8 Å². The Bertz CT molecular complexity index is 623. The average Bonchev–Trinajstić information content (AvgIpc) is 2.39. The van der Waals surface area contributed by atoms with Crippen molar-refractivity contribution in [3.05, 3.63) is 50.7 Å². The molecule has 0 aliphatic carbocycles. The molecule has 0 radical (unpaired) electrons. The van der Waals surface area contributed by atoms with Gasteiger partial charge in [-0.25, -0.2) is 9.97 Å². The van der Waals surface area contributed by atoms with E-state index in [1.807, 2.05) is 0 Å². The lowest BCUT2D eigenvalue weighted by molar-refractivity contribution is -0.384. The van der Waals surface area contributed by atoms with Crippen LogP contribution in [0.15, 0.2) is 40.1 Å². The zero-order chi connectivity index (χ0) is 13.8. The zero-order valence-corrected chi connectivity index (χ0v) is 12.0. The summed E-state index contributed by atoms with van der Waals surface area (Å²) in [6.45, 7) is 0. The van der Waals surface area contributed by atoms with Gasteiger partial charge in [0.05, 0.1) is 4.92 Å². The Morgan fingerprint density at radius 2 is 2.11 bits per heavy atom. The summed E-state index contributed by atoms with van der Waals surface area (Å²) in [5.41, 5.74) is 6.68. The van der Waals surface area contributed by atoms with Crippen LogP contribution in [0.25, 0.3) is 0 Å². The average molecular weight is 341 g/mol. The molecule has 0 atom stereocenters. The number of anilines is 1. The first kappa shape index (κ1) is 13.8. The molecule has 2 aromatic rings. The fourth-order valence-corrected chi connectivity index (χ4v) is 2.93. The van der Waals surface area contributed by atoms with Crippen molar-refractivity contribution in [1.29, 1.82) is 0 Å². The molecule has 0 aliphatic rings. The maximum absolute atomic E-state index is 10.6. The number of hydrogen-bond acceptors (Lipinski definition) is 6. The smallest absolute Gasteiger partial charge is 0.270 e. The Hall–Kier alpha value is -1.67. The highest BCUT2D eigenvalue weighted by Crippen LogP contribution is 2.30. The largest absolute Gasteiger partial charge is 0.381 e. The second kappa shape index (κ2) is 5.98. The molecule has 0 amide bonds. The molecule has 6 nitrogen and oxygen atoms in total. The fraction of sp³-hybridized carbons (Fsp3) is 0.0909. The first-order valence-corrected chi connectivity index (χ1v) is 6.98. The van der Waals surface area contributed by atoms with Crippen molar-refractivity contribution in [3.8, 4) is 0 Å². The molecule has 0 aliphatic heterocycles. The number of nitro benzene ring substituents is 1. The first-order chi connectivity index (χ1) is 9.08. The minimum Gasteiger partial charge on any atom is -0.381 e. The first-order valence-electron chi connectivity index (χ1n) is 5.20. The molecular weight excluding hydrogens is 332 g/mol. The van der Waals surface area contributed by atoms with Crippen LogP contribution in [-0.4, -0.2) is 14.9 Å². The SMILES string of the molecule is Nc1nccnc1SCc1ccc([N+](=O)[O-])cc1Br. The lowest BCUT2D eigenvalue weighted by Crippen LogP contribution is -1.95. The molecule has 1 aromatic carbocycles. The van der Waals surface area contributed by atoms with Crippen LogP contribution in [0, 0.1) is 10.1 Å². The van der Waals surface area contributed by atoms with E-state index < -0.39 is 4.92 Å². The third-order valence-corrected chi connectivity index (χ3v) is 4.08. The maximum Gasteiger partial charge on any atom is 0.270 e. The molecule has 2 rings (SSSR count). The highest BCUT2D eigenvalue weighted by molar-refractivity contribution is 9.10. The van der Waals surface area contributed by atoms with E-state index in [0.717, 1.165) is 5.56 Å². The summed E-state index contributed by atoms with van der Waals surface area (Å²) in [4.78, 5) is 18.3.